The van der Waals surface area contributed by atoms with Gasteiger partial charge in [-0.05, 0) is 63.4 Å². The van der Waals surface area contributed by atoms with Gasteiger partial charge in [-0.3, -0.25) is 9.59 Å². The van der Waals surface area contributed by atoms with Crippen molar-refractivity contribution in [2.75, 3.05) is 7.11 Å². The average Bonchev–Trinajstić information content (AvgIpc) is 3.07. The Morgan fingerprint density at radius 2 is 1.71 bits per heavy atom. The Morgan fingerprint density at radius 1 is 1.10 bits per heavy atom. The standard InChI is InChI=1S/C24H29ClN2O4/c1-14-20(15(2)26-21(14)24(30)31-4)22(28)16(3)27(19-8-6-5-7-9-19)23(29)17-10-12-18(25)13-11-17/h10-13,16,19,26H,5-9H2,1-4H3/t16-/m0/s1. The molecule has 0 unspecified atom stereocenters. The first-order chi connectivity index (χ1) is 14.8. The lowest BCUT2D eigenvalue weighted by Crippen LogP contribution is -2.50. The number of rotatable bonds is 6. The van der Waals surface area contributed by atoms with Crippen LogP contribution in [-0.2, 0) is 4.74 Å². The van der Waals surface area contributed by atoms with Crippen LogP contribution in [-0.4, -0.2) is 46.7 Å². The minimum absolute atomic E-state index is 0.00416. The summed E-state index contributed by atoms with van der Waals surface area (Å²) < 4.78 is 4.82. The highest BCUT2D eigenvalue weighted by molar-refractivity contribution is 6.30. The van der Waals surface area contributed by atoms with E-state index < -0.39 is 12.0 Å². The number of aromatic nitrogens is 1. The summed E-state index contributed by atoms with van der Waals surface area (Å²) in [6.45, 7) is 5.25. The molecule has 0 spiro atoms. The van der Waals surface area contributed by atoms with E-state index in [-0.39, 0.29) is 23.4 Å². The van der Waals surface area contributed by atoms with E-state index in [1.165, 1.54) is 7.11 Å². The van der Waals surface area contributed by atoms with Crippen LogP contribution in [0.1, 0.15) is 81.5 Å². The number of hydrogen-bond acceptors (Lipinski definition) is 4. The molecule has 1 atom stereocenters. The molecule has 1 aliphatic rings. The van der Waals surface area contributed by atoms with Gasteiger partial charge >= 0.3 is 5.97 Å². The Kier molecular flexibility index (Phi) is 7.21. The Bertz CT molecular complexity index is 974. The maximum atomic E-state index is 13.6. The number of Topliss-reactive ketones (excluding diaryl/α,β-unsaturated/α-hetero) is 1. The van der Waals surface area contributed by atoms with Gasteiger partial charge in [0.1, 0.15) is 5.69 Å². The van der Waals surface area contributed by atoms with E-state index in [2.05, 4.69) is 4.98 Å². The van der Waals surface area contributed by atoms with Crippen molar-refractivity contribution >= 4 is 29.3 Å². The fourth-order valence-electron chi connectivity index (χ4n) is 4.52. The highest BCUT2D eigenvalue weighted by Crippen LogP contribution is 2.29. The summed E-state index contributed by atoms with van der Waals surface area (Å²) in [7, 11) is 1.30. The van der Waals surface area contributed by atoms with Gasteiger partial charge in [-0.15, -0.1) is 0 Å². The van der Waals surface area contributed by atoms with Crippen LogP contribution < -0.4 is 0 Å². The van der Waals surface area contributed by atoms with Crippen LogP contribution in [0.25, 0.3) is 0 Å². The number of halogens is 1. The molecule has 0 radical (unpaired) electrons. The Hall–Kier alpha value is -2.60. The molecule has 166 valence electrons. The first kappa shape index (κ1) is 23.1. The Morgan fingerprint density at radius 3 is 2.29 bits per heavy atom. The Labute approximate surface area is 187 Å². The summed E-state index contributed by atoms with van der Waals surface area (Å²) in [5.74, 6) is -0.883. The average molecular weight is 445 g/mol. The van der Waals surface area contributed by atoms with Gasteiger partial charge in [0.05, 0.1) is 13.2 Å². The molecule has 0 saturated heterocycles. The molecule has 1 aromatic carbocycles. The molecule has 1 aromatic heterocycles. The number of amides is 1. The van der Waals surface area contributed by atoms with Crippen molar-refractivity contribution in [1.82, 2.24) is 9.88 Å². The largest absolute Gasteiger partial charge is 0.464 e. The van der Waals surface area contributed by atoms with Crippen LogP contribution in [0, 0.1) is 13.8 Å². The number of benzene rings is 1. The number of nitrogens with one attached hydrogen (secondary N) is 1. The minimum Gasteiger partial charge on any atom is -0.464 e. The fourth-order valence-corrected chi connectivity index (χ4v) is 4.65. The number of aryl methyl sites for hydroxylation is 1. The molecule has 1 N–H and O–H groups in total. The molecule has 0 aliphatic heterocycles. The van der Waals surface area contributed by atoms with Crippen molar-refractivity contribution in [3.05, 3.63) is 57.4 Å². The molecule has 3 rings (SSSR count). The van der Waals surface area contributed by atoms with Crippen LogP contribution in [0.2, 0.25) is 5.02 Å². The first-order valence-corrected chi connectivity index (χ1v) is 11.0. The predicted molar refractivity (Wildman–Crippen MR) is 120 cm³/mol. The molecule has 1 saturated carbocycles. The van der Waals surface area contributed by atoms with Crippen LogP contribution in [0.3, 0.4) is 0 Å². The fraction of sp³-hybridized carbons (Fsp3) is 0.458. The van der Waals surface area contributed by atoms with Crippen molar-refractivity contribution in [2.45, 2.75) is 65.0 Å². The van der Waals surface area contributed by atoms with E-state index in [0.717, 1.165) is 32.1 Å². The molecule has 1 aliphatic carbocycles. The van der Waals surface area contributed by atoms with Crippen molar-refractivity contribution in [1.29, 1.82) is 0 Å². The number of methoxy groups -OCH3 is 1. The summed E-state index contributed by atoms with van der Waals surface area (Å²) >= 11 is 5.99. The lowest BCUT2D eigenvalue weighted by atomic mass is 9.90. The number of esters is 1. The molecular weight excluding hydrogens is 416 g/mol. The zero-order chi connectivity index (χ0) is 22.7. The molecule has 1 heterocycles. The highest BCUT2D eigenvalue weighted by Gasteiger charge is 2.36. The van der Waals surface area contributed by atoms with Crippen LogP contribution in [0.15, 0.2) is 24.3 Å². The molecule has 31 heavy (non-hydrogen) atoms. The Balaban J connectivity index is 1.98. The smallest absolute Gasteiger partial charge is 0.354 e. The van der Waals surface area contributed by atoms with Gasteiger partial charge in [0.15, 0.2) is 5.78 Å². The highest BCUT2D eigenvalue weighted by atomic mass is 35.5. The summed E-state index contributed by atoms with van der Waals surface area (Å²) in [4.78, 5) is 43.9. The summed E-state index contributed by atoms with van der Waals surface area (Å²) in [6, 6.07) is 6.08. The second kappa shape index (κ2) is 9.69. The third-order valence-electron chi connectivity index (χ3n) is 6.16. The van der Waals surface area contributed by atoms with Gasteiger partial charge in [-0.25, -0.2) is 4.79 Å². The number of ether oxygens (including phenoxy) is 1. The minimum atomic E-state index is -0.676. The molecule has 6 nitrogen and oxygen atoms in total. The summed E-state index contributed by atoms with van der Waals surface area (Å²) in [5.41, 5.74) is 2.36. The monoisotopic (exact) mass is 444 g/mol. The lowest BCUT2D eigenvalue weighted by Gasteiger charge is -2.38. The maximum Gasteiger partial charge on any atom is 0.354 e. The number of carbonyl (C=O) groups excluding carboxylic acids is 3. The van der Waals surface area contributed by atoms with Gasteiger partial charge in [0.2, 0.25) is 0 Å². The van der Waals surface area contributed by atoms with Crippen LogP contribution in [0.5, 0.6) is 0 Å². The van der Waals surface area contributed by atoms with Crippen molar-refractivity contribution < 1.29 is 19.1 Å². The second-order valence-electron chi connectivity index (χ2n) is 8.17. The zero-order valence-corrected chi connectivity index (χ0v) is 19.2. The number of nitrogens with zero attached hydrogens (tertiary/aromatic N) is 1. The topological polar surface area (TPSA) is 79.5 Å². The molecule has 0 bridgehead atoms. The van der Waals surface area contributed by atoms with Gasteiger partial charge in [-0.2, -0.15) is 0 Å². The molecular formula is C24H29ClN2O4. The van der Waals surface area contributed by atoms with Crippen molar-refractivity contribution in [3.63, 3.8) is 0 Å². The van der Waals surface area contributed by atoms with Crippen LogP contribution >= 0.6 is 11.6 Å². The van der Waals surface area contributed by atoms with E-state index >= 15 is 0 Å². The first-order valence-electron chi connectivity index (χ1n) is 10.7. The third kappa shape index (κ3) is 4.69. The van der Waals surface area contributed by atoms with Crippen LogP contribution in [0.4, 0.5) is 0 Å². The van der Waals surface area contributed by atoms with Gasteiger partial charge in [0.25, 0.3) is 5.91 Å². The molecule has 1 fully saturated rings. The van der Waals surface area contributed by atoms with E-state index in [4.69, 9.17) is 16.3 Å². The number of carbonyl (C=O) groups is 3. The lowest BCUT2D eigenvalue weighted by molar-refractivity contribution is 0.0486. The van der Waals surface area contributed by atoms with E-state index in [1.807, 2.05) is 0 Å². The normalized spacial score (nSPS) is 15.4. The predicted octanol–water partition coefficient (Wildman–Crippen LogP) is 5.12. The molecule has 2 aromatic rings. The van der Waals surface area contributed by atoms with Crippen molar-refractivity contribution in [3.8, 4) is 0 Å². The zero-order valence-electron chi connectivity index (χ0n) is 18.5. The van der Waals surface area contributed by atoms with Gasteiger partial charge in [-0.1, -0.05) is 30.9 Å². The quantitative estimate of drug-likeness (QED) is 0.495. The SMILES string of the molecule is COC(=O)c1[nH]c(C)c(C(=O)[C@H](C)N(C(=O)c2ccc(Cl)cc2)C2CCCCC2)c1C. The molecule has 1 amide bonds. The number of ketones is 1. The van der Waals surface area contributed by atoms with E-state index in [0.29, 0.717) is 27.4 Å². The summed E-state index contributed by atoms with van der Waals surface area (Å²) in [5, 5.41) is 0.554. The van der Waals surface area contributed by atoms with E-state index in [1.54, 1.807) is 49.9 Å². The van der Waals surface area contributed by atoms with E-state index in [9.17, 15) is 14.4 Å². The molecule has 7 heteroatoms. The van der Waals surface area contributed by atoms with Gasteiger partial charge in [0, 0.05) is 27.9 Å². The number of aromatic amines is 1. The second-order valence-corrected chi connectivity index (χ2v) is 8.60. The summed E-state index contributed by atoms with van der Waals surface area (Å²) in [6.07, 6.45) is 4.95. The number of hydrogen-bond donors (Lipinski definition) is 1. The third-order valence-corrected chi connectivity index (χ3v) is 6.42. The van der Waals surface area contributed by atoms with Crippen molar-refractivity contribution in [2.24, 2.45) is 0 Å². The maximum absolute atomic E-state index is 13.6. The van der Waals surface area contributed by atoms with Gasteiger partial charge < -0.3 is 14.6 Å². The number of H-pyrrole nitrogens is 1.